The lowest BCUT2D eigenvalue weighted by Crippen LogP contribution is -2.51. The summed E-state index contributed by atoms with van der Waals surface area (Å²) < 4.78 is 1.64. The van der Waals surface area contributed by atoms with Gasteiger partial charge in [-0.25, -0.2) is 0 Å². The van der Waals surface area contributed by atoms with Crippen molar-refractivity contribution < 1.29 is 19.5 Å². The maximum absolute atomic E-state index is 12.9. The number of aromatic nitrogens is 2. The Morgan fingerprint density at radius 1 is 1.28 bits per heavy atom. The van der Waals surface area contributed by atoms with Crippen LogP contribution in [-0.4, -0.2) is 44.8 Å². The van der Waals surface area contributed by atoms with Crippen LogP contribution in [0.3, 0.4) is 0 Å². The molecular weight excluding hydrogens is 372 g/mol. The molecule has 1 aromatic heterocycles. The molecule has 156 valence electrons. The molecule has 3 rings (SSSR count). The standard InChI is InChI=1S/C21H28N4O4/c1-3-4-10-16(19(26)22-15-11-7-9-13(15)21(28)29)23-20(27)18-14-8-5-6-12-17(14)25(2)24-18/h5-6,8,12-13,15-16H,3-4,7,9-11H2,1-2H3,(H,22,26)(H,23,27)(H,28,29)/t13-,15+,16+/m1/s1. The van der Waals surface area contributed by atoms with Crippen molar-refractivity contribution in [3.05, 3.63) is 30.0 Å². The molecule has 8 heteroatoms. The number of hydrogen-bond acceptors (Lipinski definition) is 4. The number of nitrogens with one attached hydrogen (secondary N) is 2. The van der Waals surface area contributed by atoms with Crippen LogP contribution < -0.4 is 10.6 Å². The van der Waals surface area contributed by atoms with E-state index in [4.69, 9.17) is 0 Å². The predicted octanol–water partition coefficient (Wildman–Crippen LogP) is 2.23. The van der Waals surface area contributed by atoms with E-state index in [9.17, 15) is 19.5 Å². The third-order valence-corrected chi connectivity index (χ3v) is 5.60. The zero-order valence-electron chi connectivity index (χ0n) is 16.9. The average molecular weight is 400 g/mol. The first kappa shape index (κ1) is 20.8. The summed E-state index contributed by atoms with van der Waals surface area (Å²) in [6, 6.07) is 6.31. The maximum Gasteiger partial charge on any atom is 0.308 e. The number of para-hydroxylation sites is 1. The van der Waals surface area contributed by atoms with Gasteiger partial charge in [0, 0.05) is 18.5 Å². The number of aryl methyl sites for hydroxylation is 1. The molecule has 1 aliphatic rings. The highest BCUT2D eigenvalue weighted by Crippen LogP contribution is 2.26. The van der Waals surface area contributed by atoms with E-state index in [0.717, 1.165) is 30.2 Å². The normalized spacial score (nSPS) is 19.8. The molecule has 0 radical (unpaired) electrons. The Morgan fingerprint density at radius 2 is 2.03 bits per heavy atom. The SMILES string of the molecule is CCCC[C@H](NC(=O)c1nn(C)c2ccccc12)C(=O)N[C@H]1CCC[C@H]1C(=O)O. The zero-order chi connectivity index (χ0) is 21.0. The Balaban J connectivity index is 1.75. The van der Waals surface area contributed by atoms with Gasteiger partial charge < -0.3 is 15.7 Å². The number of amides is 2. The molecule has 1 saturated carbocycles. The number of aliphatic carboxylic acids is 1. The minimum Gasteiger partial charge on any atom is -0.481 e. The predicted molar refractivity (Wildman–Crippen MR) is 108 cm³/mol. The van der Waals surface area contributed by atoms with Crippen LogP contribution >= 0.6 is 0 Å². The van der Waals surface area contributed by atoms with Crippen LogP contribution in [-0.2, 0) is 16.6 Å². The summed E-state index contributed by atoms with van der Waals surface area (Å²) in [7, 11) is 1.77. The molecule has 0 aliphatic heterocycles. The second-order valence-electron chi connectivity index (χ2n) is 7.65. The molecule has 0 spiro atoms. The molecule has 3 N–H and O–H groups in total. The van der Waals surface area contributed by atoms with E-state index in [-0.39, 0.29) is 11.6 Å². The lowest BCUT2D eigenvalue weighted by atomic mass is 10.0. The first-order valence-electron chi connectivity index (χ1n) is 10.2. The van der Waals surface area contributed by atoms with Gasteiger partial charge in [0.15, 0.2) is 5.69 Å². The summed E-state index contributed by atoms with van der Waals surface area (Å²) in [6.07, 6.45) is 4.12. The maximum atomic E-state index is 12.9. The molecule has 0 saturated heterocycles. The molecular formula is C21H28N4O4. The molecule has 1 aliphatic carbocycles. The van der Waals surface area contributed by atoms with Gasteiger partial charge in [0.2, 0.25) is 5.91 Å². The van der Waals surface area contributed by atoms with Crippen LogP contribution in [0.5, 0.6) is 0 Å². The molecule has 1 fully saturated rings. The monoisotopic (exact) mass is 400 g/mol. The van der Waals surface area contributed by atoms with E-state index < -0.39 is 29.9 Å². The van der Waals surface area contributed by atoms with Crippen molar-refractivity contribution in [3.8, 4) is 0 Å². The Hall–Kier alpha value is -2.90. The fraction of sp³-hybridized carbons (Fsp3) is 0.524. The molecule has 2 amide bonds. The largest absolute Gasteiger partial charge is 0.481 e. The molecule has 1 heterocycles. The van der Waals surface area contributed by atoms with Crippen molar-refractivity contribution in [2.75, 3.05) is 0 Å². The van der Waals surface area contributed by atoms with Crippen LogP contribution in [0.1, 0.15) is 55.9 Å². The van der Waals surface area contributed by atoms with Crippen LogP contribution in [0.15, 0.2) is 24.3 Å². The number of fused-ring (bicyclic) bond motifs is 1. The zero-order valence-corrected chi connectivity index (χ0v) is 16.9. The number of carbonyl (C=O) groups excluding carboxylic acids is 2. The van der Waals surface area contributed by atoms with E-state index in [1.54, 1.807) is 11.7 Å². The first-order valence-corrected chi connectivity index (χ1v) is 10.2. The van der Waals surface area contributed by atoms with Gasteiger partial charge in [0.05, 0.1) is 11.4 Å². The molecule has 2 aromatic rings. The van der Waals surface area contributed by atoms with E-state index >= 15 is 0 Å². The molecule has 29 heavy (non-hydrogen) atoms. The Kier molecular flexibility index (Phi) is 6.51. The quantitative estimate of drug-likeness (QED) is 0.629. The van der Waals surface area contributed by atoms with Crippen molar-refractivity contribution in [3.63, 3.8) is 0 Å². The van der Waals surface area contributed by atoms with E-state index in [0.29, 0.717) is 19.3 Å². The van der Waals surface area contributed by atoms with E-state index in [1.165, 1.54) is 0 Å². The van der Waals surface area contributed by atoms with Gasteiger partial charge in [-0.15, -0.1) is 0 Å². The third-order valence-electron chi connectivity index (χ3n) is 5.60. The van der Waals surface area contributed by atoms with Gasteiger partial charge in [-0.2, -0.15) is 5.10 Å². The number of nitrogens with zero attached hydrogens (tertiary/aromatic N) is 2. The summed E-state index contributed by atoms with van der Waals surface area (Å²) in [5.74, 6) is -2.19. The number of benzene rings is 1. The van der Waals surface area contributed by atoms with Crippen molar-refractivity contribution in [1.82, 2.24) is 20.4 Å². The second-order valence-corrected chi connectivity index (χ2v) is 7.65. The highest BCUT2D eigenvalue weighted by Gasteiger charge is 2.35. The van der Waals surface area contributed by atoms with E-state index in [1.807, 2.05) is 31.2 Å². The fourth-order valence-corrected chi connectivity index (χ4v) is 4.00. The summed E-state index contributed by atoms with van der Waals surface area (Å²) in [5, 5.41) is 20.1. The Bertz CT molecular complexity index is 907. The number of hydrogen-bond donors (Lipinski definition) is 3. The number of carboxylic acids is 1. The minimum absolute atomic E-state index is 0.279. The van der Waals surface area contributed by atoms with Crippen LogP contribution in [0.25, 0.3) is 10.9 Å². The third kappa shape index (κ3) is 4.58. The van der Waals surface area contributed by atoms with Gasteiger partial charge in [-0.1, -0.05) is 44.4 Å². The Labute approximate surface area is 169 Å². The average Bonchev–Trinajstić information content (AvgIpc) is 3.30. The van der Waals surface area contributed by atoms with Crippen molar-refractivity contribution in [2.45, 2.75) is 57.5 Å². The molecule has 1 aromatic carbocycles. The number of carboxylic acid groups (broad SMARTS) is 1. The van der Waals surface area contributed by atoms with Gasteiger partial charge in [0.1, 0.15) is 6.04 Å². The number of unbranched alkanes of at least 4 members (excludes halogenated alkanes) is 1. The topological polar surface area (TPSA) is 113 Å². The number of rotatable bonds is 8. The molecule has 8 nitrogen and oxygen atoms in total. The van der Waals surface area contributed by atoms with E-state index in [2.05, 4.69) is 15.7 Å². The van der Waals surface area contributed by atoms with Crippen molar-refractivity contribution in [2.24, 2.45) is 13.0 Å². The Morgan fingerprint density at radius 3 is 2.76 bits per heavy atom. The fourth-order valence-electron chi connectivity index (χ4n) is 4.00. The van der Waals surface area contributed by atoms with Gasteiger partial charge >= 0.3 is 5.97 Å². The van der Waals surface area contributed by atoms with Crippen LogP contribution in [0.2, 0.25) is 0 Å². The minimum atomic E-state index is -0.887. The van der Waals surface area contributed by atoms with Gasteiger partial charge in [0.25, 0.3) is 5.91 Å². The van der Waals surface area contributed by atoms with Crippen LogP contribution in [0.4, 0.5) is 0 Å². The molecule has 3 atom stereocenters. The molecule has 0 bridgehead atoms. The number of carbonyl (C=O) groups is 3. The summed E-state index contributed by atoms with van der Waals surface area (Å²) in [6.45, 7) is 2.01. The highest BCUT2D eigenvalue weighted by atomic mass is 16.4. The smallest absolute Gasteiger partial charge is 0.308 e. The van der Waals surface area contributed by atoms with Crippen molar-refractivity contribution in [1.29, 1.82) is 0 Å². The lowest BCUT2D eigenvalue weighted by molar-refractivity contribution is -0.142. The summed E-state index contributed by atoms with van der Waals surface area (Å²) in [5.41, 5.74) is 1.11. The summed E-state index contributed by atoms with van der Waals surface area (Å²) >= 11 is 0. The summed E-state index contributed by atoms with van der Waals surface area (Å²) in [4.78, 5) is 37.2. The second kappa shape index (κ2) is 9.07. The first-order chi connectivity index (χ1) is 13.9. The van der Waals surface area contributed by atoms with Crippen LogP contribution in [0, 0.1) is 5.92 Å². The van der Waals surface area contributed by atoms with Gasteiger partial charge in [-0.05, 0) is 25.3 Å². The lowest BCUT2D eigenvalue weighted by Gasteiger charge is -2.23. The molecule has 0 unspecified atom stereocenters. The van der Waals surface area contributed by atoms with Gasteiger partial charge in [-0.3, -0.25) is 19.1 Å². The highest BCUT2D eigenvalue weighted by molar-refractivity contribution is 6.06. The van der Waals surface area contributed by atoms with Crippen molar-refractivity contribution >= 4 is 28.7 Å².